The molecule has 1 aromatic rings. The van der Waals surface area contributed by atoms with E-state index in [0.717, 1.165) is 5.56 Å². The number of rotatable bonds is 8. The molecule has 0 saturated carbocycles. The zero-order valence-corrected chi connectivity index (χ0v) is 11.0. The van der Waals surface area contributed by atoms with Crippen LogP contribution in [0, 0.1) is 0 Å². The maximum atomic E-state index is 9.05. The molecule has 1 heterocycles. The molecule has 19 heavy (non-hydrogen) atoms. The minimum Gasteiger partial charge on any atom is -0.409 e. The van der Waals surface area contributed by atoms with E-state index in [1.165, 1.54) is 0 Å². The maximum absolute atomic E-state index is 9.05. The third kappa shape index (κ3) is 4.82. The molecular weight excluding hydrogens is 248 g/mol. The summed E-state index contributed by atoms with van der Waals surface area (Å²) in [5.74, 6) is -0.0220. The van der Waals surface area contributed by atoms with Crippen LogP contribution in [0.1, 0.15) is 11.3 Å². The second kappa shape index (κ2) is 8.41. The van der Waals surface area contributed by atoms with E-state index >= 15 is 0 Å². The molecule has 7 nitrogen and oxygen atoms in total. The first-order valence-corrected chi connectivity index (χ1v) is 5.96. The summed E-state index contributed by atoms with van der Waals surface area (Å²) in [6.45, 7) is 2.38. The second-order valence-corrected chi connectivity index (χ2v) is 3.99. The summed E-state index contributed by atoms with van der Waals surface area (Å²) in [6.07, 6.45) is 1.59. The molecule has 0 saturated heterocycles. The molecule has 0 aliphatic carbocycles. The predicted octanol–water partition coefficient (Wildman–Crippen LogP) is -0.383. The molecular formula is C12H20N4O3. The van der Waals surface area contributed by atoms with Crippen LogP contribution in [0.4, 0.5) is 0 Å². The van der Waals surface area contributed by atoms with Crippen LogP contribution in [0.25, 0.3) is 0 Å². The Bertz CT molecular complexity index is 412. The highest BCUT2D eigenvalue weighted by Crippen LogP contribution is 2.09. The lowest BCUT2D eigenvalue weighted by molar-refractivity contribution is 0.127. The van der Waals surface area contributed by atoms with Gasteiger partial charge in [-0.25, -0.2) is 0 Å². The molecule has 106 valence electrons. The molecule has 0 spiro atoms. The molecule has 0 aliphatic rings. The van der Waals surface area contributed by atoms with Gasteiger partial charge in [0.2, 0.25) is 0 Å². The van der Waals surface area contributed by atoms with E-state index in [1.807, 2.05) is 11.0 Å². The van der Waals surface area contributed by atoms with Crippen molar-refractivity contribution in [1.82, 2.24) is 9.88 Å². The van der Waals surface area contributed by atoms with Gasteiger partial charge in [-0.05, 0) is 11.6 Å². The fraction of sp³-hybridized carbons (Fsp3) is 0.500. The number of ether oxygens (including phenoxy) is 1. The van der Waals surface area contributed by atoms with Crippen molar-refractivity contribution in [2.45, 2.75) is 6.54 Å². The summed E-state index contributed by atoms with van der Waals surface area (Å²) in [7, 11) is 1.63. The minimum absolute atomic E-state index is 0.0220. The number of oxime groups is 1. The highest BCUT2D eigenvalue weighted by atomic mass is 16.5. The van der Waals surface area contributed by atoms with Gasteiger partial charge < -0.3 is 20.8 Å². The highest BCUT2D eigenvalue weighted by Gasteiger charge is 2.12. The normalized spacial score (nSPS) is 12.1. The number of aliphatic hydroxyl groups is 1. The van der Waals surface area contributed by atoms with Gasteiger partial charge in [-0.1, -0.05) is 11.2 Å². The lowest BCUT2D eigenvalue weighted by atomic mass is 10.1. The van der Waals surface area contributed by atoms with Crippen LogP contribution in [0.15, 0.2) is 23.5 Å². The van der Waals surface area contributed by atoms with Crippen molar-refractivity contribution in [2.75, 3.05) is 33.4 Å². The second-order valence-electron chi connectivity index (χ2n) is 3.99. The van der Waals surface area contributed by atoms with Crippen molar-refractivity contribution < 1.29 is 15.1 Å². The minimum atomic E-state index is -0.0220. The van der Waals surface area contributed by atoms with Gasteiger partial charge in [-0.2, -0.15) is 0 Å². The van der Waals surface area contributed by atoms with Gasteiger partial charge in [0.25, 0.3) is 0 Å². The first-order chi connectivity index (χ1) is 9.22. The zero-order chi connectivity index (χ0) is 14.1. The van der Waals surface area contributed by atoms with E-state index in [0.29, 0.717) is 31.9 Å². The van der Waals surface area contributed by atoms with E-state index in [9.17, 15) is 0 Å². The average molecular weight is 268 g/mol. The van der Waals surface area contributed by atoms with Crippen LogP contribution in [-0.2, 0) is 11.3 Å². The fourth-order valence-electron chi connectivity index (χ4n) is 1.72. The average Bonchev–Trinajstić information content (AvgIpc) is 2.44. The maximum Gasteiger partial charge on any atom is 0.189 e. The van der Waals surface area contributed by atoms with Gasteiger partial charge in [0.15, 0.2) is 5.84 Å². The number of hydrogen-bond donors (Lipinski definition) is 3. The van der Waals surface area contributed by atoms with Crippen LogP contribution in [0.2, 0.25) is 0 Å². The van der Waals surface area contributed by atoms with Crippen LogP contribution in [-0.4, -0.2) is 59.4 Å². The smallest absolute Gasteiger partial charge is 0.189 e. The molecule has 0 aliphatic heterocycles. The van der Waals surface area contributed by atoms with Gasteiger partial charge >= 0.3 is 0 Å². The molecule has 0 bridgehead atoms. The number of nitrogens with two attached hydrogens (primary N) is 1. The molecule has 7 heteroatoms. The number of aliphatic hydroxyl groups excluding tert-OH is 1. The Hall–Kier alpha value is -1.70. The molecule has 4 N–H and O–H groups in total. The largest absolute Gasteiger partial charge is 0.409 e. The zero-order valence-electron chi connectivity index (χ0n) is 11.0. The van der Waals surface area contributed by atoms with E-state index < -0.39 is 0 Å². The van der Waals surface area contributed by atoms with Gasteiger partial charge in [-0.3, -0.25) is 9.88 Å². The summed E-state index contributed by atoms with van der Waals surface area (Å²) in [4.78, 5) is 6.12. The Labute approximate surface area is 112 Å². The first-order valence-electron chi connectivity index (χ1n) is 5.96. The third-order valence-electron chi connectivity index (χ3n) is 2.66. The van der Waals surface area contributed by atoms with Gasteiger partial charge in [0.05, 0.1) is 13.2 Å². The summed E-state index contributed by atoms with van der Waals surface area (Å²) in [5, 5.41) is 20.8. The fourth-order valence-corrected chi connectivity index (χ4v) is 1.72. The van der Waals surface area contributed by atoms with Crippen molar-refractivity contribution in [3.05, 3.63) is 29.6 Å². The van der Waals surface area contributed by atoms with Crippen molar-refractivity contribution >= 4 is 5.84 Å². The molecule has 0 unspecified atom stereocenters. The predicted molar refractivity (Wildman–Crippen MR) is 71.0 cm³/mol. The molecule has 0 aromatic carbocycles. The SMILES string of the molecule is COCCN(CCO)Cc1cccnc1/C(N)=N/O. The van der Waals surface area contributed by atoms with E-state index in [-0.39, 0.29) is 12.4 Å². The van der Waals surface area contributed by atoms with Gasteiger partial charge in [0.1, 0.15) is 5.69 Å². The highest BCUT2D eigenvalue weighted by molar-refractivity contribution is 5.96. The molecule has 0 atom stereocenters. The Kier molecular flexibility index (Phi) is 6.80. The quantitative estimate of drug-likeness (QED) is 0.257. The molecule has 1 aromatic heterocycles. The molecule has 0 fully saturated rings. The van der Waals surface area contributed by atoms with Crippen molar-refractivity contribution in [3.8, 4) is 0 Å². The number of methoxy groups -OCH3 is 1. The standard InChI is InChI=1S/C12H20N4O3/c1-19-8-6-16(5-7-17)9-10-3-2-4-14-11(10)12(13)15-18/h2-4,17-18H,5-9H2,1H3,(H2,13,15). The monoisotopic (exact) mass is 268 g/mol. The number of aromatic nitrogens is 1. The Morgan fingerprint density at radius 2 is 2.32 bits per heavy atom. The molecule has 0 radical (unpaired) electrons. The van der Waals surface area contributed by atoms with Crippen molar-refractivity contribution in [3.63, 3.8) is 0 Å². The molecule has 0 amide bonds. The lowest BCUT2D eigenvalue weighted by Gasteiger charge is -2.21. The Morgan fingerprint density at radius 1 is 1.53 bits per heavy atom. The van der Waals surface area contributed by atoms with Gasteiger partial charge in [0, 0.05) is 32.9 Å². The lowest BCUT2D eigenvalue weighted by Crippen LogP contribution is -2.31. The summed E-state index contributed by atoms with van der Waals surface area (Å²) in [6, 6.07) is 3.65. The van der Waals surface area contributed by atoms with Crippen molar-refractivity contribution in [2.24, 2.45) is 10.9 Å². The van der Waals surface area contributed by atoms with Crippen molar-refractivity contribution in [1.29, 1.82) is 0 Å². The Balaban J connectivity index is 2.83. The number of amidine groups is 1. The number of pyridine rings is 1. The Morgan fingerprint density at radius 3 is 2.95 bits per heavy atom. The summed E-state index contributed by atoms with van der Waals surface area (Å²) < 4.78 is 5.03. The number of hydrogen-bond acceptors (Lipinski definition) is 6. The van der Waals surface area contributed by atoms with Crippen LogP contribution >= 0.6 is 0 Å². The topological polar surface area (TPSA) is 104 Å². The number of nitrogens with zero attached hydrogens (tertiary/aromatic N) is 3. The van der Waals surface area contributed by atoms with E-state index in [1.54, 1.807) is 19.4 Å². The van der Waals surface area contributed by atoms with Crippen LogP contribution < -0.4 is 5.73 Å². The third-order valence-corrected chi connectivity index (χ3v) is 2.66. The summed E-state index contributed by atoms with van der Waals surface area (Å²) in [5.41, 5.74) is 6.87. The van der Waals surface area contributed by atoms with E-state index in [4.69, 9.17) is 20.8 Å². The van der Waals surface area contributed by atoms with Crippen LogP contribution in [0.5, 0.6) is 0 Å². The van der Waals surface area contributed by atoms with E-state index in [2.05, 4.69) is 10.1 Å². The van der Waals surface area contributed by atoms with Crippen LogP contribution in [0.3, 0.4) is 0 Å². The molecule has 1 rings (SSSR count). The van der Waals surface area contributed by atoms with Gasteiger partial charge in [-0.15, -0.1) is 0 Å². The first kappa shape index (κ1) is 15.4. The summed E-state index contributed by atoms with van der Waals surface area (Å²) >= 11 is 0.